The summed E-state index contributed by atoms with van der Waals surface area (Å²) >= 11 is 5.79. The van der Waals surface area contributed by atoms with Crippen molar-refractivity contribution in [1.82, 2.24) is 21.1 Å². The van der Waals surface area contributed by atoms with E-state index in [-0.39, 0.29) is 36.1 Å². The van der Waals surface area contributed by atoms with Crippen LogP contribution in [0, 0.1) is 0 Å². The maximum atomic E-state index is 12.9. The van der Waals surface area contributed by atoms with E-state index in [1.54, 1.807) is 12.1 Å². The van der Waals surface area contributed by atoms with Gasteiger partial charge in [0.15, 0.2) is 0 Å². The molecule has 1 aliphatic rings. The standard InChI is InChI=1S/C21H19ClN4O6/c22-13-9-7-12(8-10-13)17(27)24-25-18(28)16(6-3-11-23-21(31)32)26-19(29)14-4-1-2-5-15(14)20(26)30/h1-2,4-5,7-10,16,23H,3,6,11H2,(H,24,27)(H,25,28)(H,31,32). The van der Waals surface area contributed by atoms with E-state index in [4.69, 9.17) is 16.7 Å². The molecule has 2 aromatic rings. The van der Waals surface area contributed by atoms with E-state index in [1.807, 2.05) is 0 Å². The summed E-state index contributed by atoms with van der Waals surface area (Å²) in [6.07, 6.45) is -1.08. The molecule has 10 nitrogen and oxygen atoms in total. The van der Waals surface area contributed by atoms with Crippen LogP contribution in [0.4, 0.5) is 4.79 Å². The maximum absolute atomic E-state index is 12.9. The van der Waals surface area contributed by atoms with Gasteiger partial charge in [0.2, 0.25) is 0 Å². The molecule has 11 heteroatoms. The Morgan fingerprint density at radius 2 is 1.53 bits per heavy atom. The van der Waals surface area contributed by atoms with Crippen LogP contribution in [0.5, 0.6) is 0 Å². The number of carboxylic acid groups (broad SMARTS) is 1. The summed E-state index contributed by atoms with van der Waals surface area (Å²) in [4.78, 5) is 62.2. The third kappa shape index (κ3) is 5.03. The number of nitrogens with zero attached hydrogens (tertiary/aromatic N) is 1. The Hall–Kier alpha value is -3.92. The molecule has 32 heavy (non-hydrogen) atoms. The molecule has 0 saturated carbocycles. The molecule has 3 rings (SSSR count). The minimum Gasteiger partial charge on any atom is -0.465 e. The molecule has 0 fully saturated rings. The van der Waals surface area contributed by atoms with Crippen molar-refractivity contribution in [2.45, 2.75) is 18.9 Å². The second kappa shape index (κ2) is 9.92. The minimum absolute atomic E-state index is 0.0133. The molecular formula is C21H19ClN4O6. The van der Waals surface area contributed by atoms with Crippen LogP contribution >= 0.6 is 11.6 Å². The number of hydrogen-bond donors (Lipinski definition) is 4. The fourth-order valence-electron chi connectivity index (χ4n) is 3.23. The van der Waals surface area contributed by atoms with E-state index < -0.39 is 35.8 Å². The molecule has 1 unspecified atom stereocenters. The monoisotopic (exact) mass is 458 g/mol. The van der Waals surface area contributed by atoms with Gasteiger partial charge in [-0.25, -0.2) is 4.79 Å². The average Bonchev–Trinajstić information content (AvgIpc) is 3.03. The van der Waals surface area contributed by atoms with Gasteiger partial charge in [0.1, 0.15) is 6.04 Å². The van der Waals surface area contributed by atoms with Gasteiger partial charge in [0.25, 0.3) is 23.6 Å². The topological polar surface area (TPSA) is 145 Å². The molecule has 1 aliphatic heterocycles. The molecule has 1 heterocycles. The predicted octanol–water partition coefficient (Wildman–Crippen LogP) is 1.81. The highest BCUT2D eigenvalue weighted by molar-refractivity contribution is 6.30. The summed E-state index contributed by atoms with van der Waals surface area (Å²) in [6.45, 7) is 0.0133. The lowest BCUT2D eigenvalue weighted by molar-refractivity contribution is -0.126. The maximum Gasteiger partial charge on any atom is 0.404 e. The summed E-state index contributed by atoms with van der Waals surface area (Å²) < 4.78 is 0. The molecule has 0 aliphatic carbocycles. The van der Waals surface area contributed by atoms with Gasteiger partial charge in [0, 0.05) is 17.1 Å². The number of amides is 5. The Morgan fingerprint density at radius 1 is 0.938 bits per heavy atom. The third-order valence-corrected chi connectivity index (χ3v) is 5.03. The van der Waals surface area contributed by atoms with Crippen LogP contribution in [0.3, 0.4) is 0 Å². The molecule has 0 saturated heterocycles. The quantitative estimate of drug-likeness (QED) is 0.283. The molecule has 2 aromatic carbocycles. The summed E-state index contributed by atoms with van der Waals surface area (Å²) in [5.74, 6) is -2.69. The van der Waals surface area contributed by atoms with Crippen LogP contribution in [0.15, 0.2) is 48.5 Å². The van der Waals surface area contributed by atoms with Crippen molar-refractivity contribution < 1.29 is 29.1 Å². The van der Waals surface area contributed by atoms with E-state index in [9.17, 15) is 24.0 Å². The zero-order chi connectivity index (χ0) is 23.3. The van der Waals surface area contributed by atoms with E-state index in [0.29, 0.717) is 5.02 Å². The summed E-state index contributed by atoms with van der Waals surface area (Å²) in [5, 5.41) is 11.3. The first kappa shape index (κ1) is 22.8. The third-order valence-electron chi connectivity index (χ3n) is 4.78. The number of imide groups is 1. The van der Waals surface area contributed by atoms with Crippen LogP contribution in [0.1, 0.15) is 43.9 Å². The molecule has 5 amide bonds. The first-order valence-corrected chi connectivity index (χ1v) is 9.97. The van der Waals surface area contributed by atoms with Crippen molar-refractivity contribution in [3.8, 4) is 0 Å². The van der Waals surface area contributed by atoms with Crippen molar-refractivity contribution in [1.29, 1.82) is 0 Å². The Bertz CT molecular complexity index is 1040. The summed E-state index contributed by atoms with van der Waals surface area (Å²) in [7, 11) is 0. The second-order valence-electron chi connectivity index (χ2n) is 6.87. The first-order chi connectivity index (χ1) is 15.3. The van der Waals surface area contributed by atoms with Crippen molar-refractivity contribution >= 4 is 41.3 Å². The zero-order valence-electron chi connectivity index (χ0n) is 16.6. The van der Waals surface area contributed by atoms with Gasteiger partial charge < -0.3 is 10.4 Å². The van der Waals surface area contributed by atoms with Gasteiger partial charge in [0.05, 0.1) is 11.1 Å². The summed E-state index contributed by atoms with van der Waals surface area (Å²) in [6, 6.07) is 10.9. The smallest absolute Gasteiger partial charge is 0.404 e. The normalized spacial score (nSPS) is 13.3. The van der Waals surface area contributed by atoms with Gasteiger partial charge >= 0.3 is 6.09 Å². The van der Waals surface area contributed by atoms with Gasteiger partial charge in [-0.2, -0.15) is 0 Å². The van der Waals surface area contributed by atoms with Gasteiger partial charge in [-0.3, -0.25) is 34.9 Å². The number of nitrogens with one attached hydrogen (secondary N) is 3. The molecule has 1 atom stereocenters. The molecule has 0 radical (unpaired) electrons. The largest absolute Gasteiger partial charge is 0.465 e. The number of hydrogen-bond acceptors (Lipinski definition) is 5. The Labute approximate surface area is 187 Å². The zero-order valence-corrected chi connectivity index (χ0v) is 17.4. The van der Waals surface area contributed by atoms with E-state index in [2.05, 4.69) is 16.2 Å². The lowest BCUT2D eigenvalue weighted by Gasteiger charge is -2.25. The fourth-order valence-corrected chi connectivity index (χ4v) is 3.36. The molecule has 166 valence electrons. The lowest BCUT2D eigenvalue weighted by Crippen LogP contribution is -2.54. The van der Waals surface area contributed by atoms with Crippen molar-refractivity contribution in [2.24, 2.45) is 0 Å². The predicted molar refractivity (Wildman–Crippen MR) is 113 cm³/mol. The van der Waals surface area contributed by atoms with E-state index >= 15 is 0 Å². The SMILES string of the molecule is O=C(O)NCCCC(C(=O)NNC(=O)c1ccc(Cl)cc1)N1C(=O)c2ccccc2C1=O. The van der Waals surface area contributed by atoms with Gasteiger partial charge in [-0.05, 0) is 49.2 Å². The number of fused-ring (bicyclic) bond motifs is 1. The number of carbonyl (C=O) groups excluding carboxylic acids is 4. The minimum atomic E-state index is -1.26. The highest BCUT2D eigenvalue weighted by Gasteiger charge is 2.42. The van der Waals surface area contributed by atoms with Crippen molar-refractivity contribution in [3.63, 3.8) is 0 Å². The van der Waals surface area contributed by atoms with E-state index in [1.165, 1.54) is 36.4 Å². The van der Waals surface area contributed by atoms with Gasteiger partial charge in [-0.15, -0.1) is 0 Å². The number of rotatable bonds is 7. The first-order valence-electron chi connectivity index (χ1n) is 9.59. The van der Waals surface area contributed by atoms with Crippen molar-refractivity contribution in [3.05, 3.63) is 70.2 Å². The molecular weight excluding hydrogens is 440 g/mol. The Morgan fingerprint density at radius 3 is 2.09 bits per heavy atom. The highest BCUT2D eigenvalue weighted by atomic mass is 35.5. The number of benzene rings is 2. The molecule has 4 N–H and O–H groups in total. The lowest BCUT2D eigenvalue weighted by atomic mass is 10.1. The van der Waals surface area contributed by atoms with Gasteiger partial charge in [-0.1, -0.05) is 23.7 Å². The second-order valence-corrected chi connectivity index (χ2v) is 7.30. The van der Waals surface area contributed by atoms with Crippen LogP contribution in [0.25, 0.3) is 0 Å². The average molecular weight is 459 g/mol. The van der Waals surface area contributed by atoms with Crippen LogP contribution in [-0.4, -0.2) is 52.3 Å². The highest BCUT2D eigenvalue weighted by Crippen LogP contribution is 2.26. The molecule has 0 bridgehead atoms. The molecule has 0 spiro atoms. The molecule has 0 aromatic heterocycles. The van der Waals surface area contributed by atoms with Crippen LogP contribution in [0.2, 0.25) is 5.02 Å². The number of carbonyl (C=O) groups is 5. The number of hydrazine groups is 1. The van der Waals surface area contributed by atoms with Crippen molar-refractivity contribution in [2.75, 3.05) is 6.54 Å². The number of halogens is 1. The summed E-state index contributed by atoms with van der Waals surface area (Å²) in [5.41, 5.74) is 5.05. The Balaban J connectivity index is 1.73. The van der Waals surface area contributed by atoms with Crippen LogP contribution in [-0.2, 0) is 4.79 Å². The fraction of sp³-hybridized carbons (Fsp3) is 0.190. The van der Waals surface area contributed by atoms with Crippen LogP contribution < -0.4 is 16.2 Å². The Kier molecular flexibility index (Phi) is 7.06. The van der Waals surface area contributed by atoms with E-state index in [0.717, 1.165) is 4.90 Å².